The van der Waals surface area contributed by atoms with Gasteiger partial charge in [-0.05, 0) is 51.3 Å². The van der Waals surface area contributed by atoms with Gasteiger partial charge in [0.25, 0.3) is 0 Å². The van der Waals surface area contributed by atoms with Gasteiger partial charge in [0.15, 0.2) is 0 Å². The van der Waals surface area contributed by atoms with Gasteiger partial charge in [-0.15, -0.1) is 10.2 Å². The highest BCUT2D eigenvalue weighted by Gasteiger charge is 2.29. The summed E-state index contributed by atoms with van der Waals surface area (Å²) in [6.07, 6.45) is 3.71. The molecule has 1 aromatic heterocycles. The lowest BCUT2D eigenvalue weighted by Crippen LogP contribution is -2.37. The summed E-state index contributed by atoms with van der Waals surface area (Å²) in [5.41, 5.74) is 1.59. The van der Waals surface area contributed by atoms with Crippen LogP contribution in [0.25, 0.3) is 0 Å². The second-order valence-corrected chi connectivity index (χ2v) is 8.56. The molecule has 7 nitrogen and oxygen atoms in total. The summed E-state index contributed by atoms with van der Waals surface area (Å²) in [6, 6.07) is 6.03. The minimum absolute atomic E-state index is 0.0655. The lowest BCUT2D eigenvalue weighted by molar-refractivity contribution is -0.130. The Balaban J connectivity index is 1.63. The first kappa shape index (κ1) is 22.3. The average molecular weight is 432 g/mol. The van der Waals surface area contributed by atoms with Crippen LogP contribution in [0.2, 0.25) is 5.02 Å². The molecule has 1 fully saturated rings. The average Bonchev–Trinajstić information content (AvgIpc) is 3.44. The lowest BCUT2D eigenvalue weighted by Gasteiger charge is -2.25. The van der Waals surface area contributed by atoms with Crippen molar-refractivity contribution in [2.45, 2.75) is 71.9 Å². The first-order valence-electron chi connectivity index (χ1n) is 10.5. The maximum Gasteiger partial charge on any atom is 0.224 e. The van der Waals surface area contributed by atoms with E-state index in [-0.39, 0.29) is 17.9 Å². The molecule has 3 rings (SSSR count). The SMILES string of the molecule is CC(=O)N(CCc1nnc(CCC(=O)Nc2cccc(Cl)c2C)n1C1CC1)C(C)C. The molecule has 2 aromatic rings. The molecule has 1 N–H and O–H groups in total. The van der Waals surface area contributed by atoms with E-state index < -0.39 is 0 Å². The smallest absolute Gasteiger partial charge is 0.224 e. The number of hydrogen-bond acceptors (Lipinski definition) is 4. The van der Waals surface area contributed by atoms with Crippen molar-refractivity contribution in [1.29, 1.82) is 0 Å². The van der Waals surface area contributed by atoms with Crippen LogP contribution < -0.4 is 5.32 Å². The van der Waals surface area contributed by atoms with E-state index in [4.69, 9.17) is 11.6 Å². The summed E-state index contributed by atoms with van der Waals surface area (Å²) in [4.78, 5) is 26.1. The van der Waals surface area contributed by atoms with Gasteiger partial charge in [0.05, 0.1) is 0 Å². The maximum atomic E-state index is 12.5. The van der Waals surface area contributed by atoms with Crippen LogP contribution in [0.3, 0.4) is 0 Å². The fourth-order valence-electron chi connectivity index (χ4n) is 3.64. The van der Waals surface area contributed by atoms with Crippen molar-refractivity contribution in [3.05, 3.63) is 40.4 Å². The summed E-state index contributed by atoms with van der Waals surface area (Å²) < 4.78 is 2.18. The van der Waals surface area contributed by atoms with E-state index in [0.717, 1.165) is 35.7 Å². The predicted octanol–water partition coefficient (Wildman–Crippen LogP) is 3.95. The van der Waals surface area contributed by atoms with Crippen molar-refractivity contribution in [2.75, 3.05) is 11.9 Å². The zero-order valence-corrected chi connectivity index (χ0v) is 18.9. The van der Waals surface area contributed by atoms with Crippen molar-refractivity contribution < 1.29 is 9.59 Å². The first-order chi connectivity index (χ1) is 14.3. The Labute approximate surface area is 182 Å². The van der Waals surface area contributed by atoms with Gasteiger partial charge in [-0.25, -0.2) is 0 Å². The van der Waals surface area contributed by atoms with E-state index >= 15 is 0 Å². The van der Waals surface area contributed by atoms with Gasteiger partial charge in [-0.3, -0.25) is 9.59 Å². The van der Waals surface area contributed by atoms with Crippen LogP contribution in [0.1, 0.15) is 63.3 Å². The summed E-state index contributed by atoms with van der Waals surface area (Å²) in [5, 5.41) is 12.3. The third-order valence-electron chi connectivity index (χ3n) is 5.47. The molecule has 1 aromatic carbocycles. The molecule has 0 aliphatic heterocycles. The Kier molecular flexibility index (Phi) is 7.13. The lowest BCUT2D eigenvalue weighted by atomic mass is 10.2. The van der Waals surface area contributed by atoms with Gasteiger partial charge in [0.1, 0.15) is 11.6 Å². The van der Waals surface area contributed by atoms with E-state index in [1.165, 1.54) is 0 Å². The number of amides is 2. The van der Waals surface area contributed by atoms with Crippen LogP contribution >= 0.6 is 11.6 Å². The number of carbonyl (C=O) groups is 2. The van der Waals surface area contributed by atoms with Crippen LogP contribution in [0.15, 0.2) is 18.2 Å². The second-order valence-electron chi connectivity index (χ2n) is 8.15. The predicted molar refractivity (Wildman–Crippen MR) is 118 cm³/mol. The van der Waals surface area contributed by atoms with Crippen molar-refractivity contribution in [2.24, 2.45) is 0 Å². The number of rotatable bonds is 9. The molecule has 0 bridgehead atoms. The molecule has 8 heteroatoms. The summed E-state index contributed by atoms with van der Waals surface area (Å²) in [6.45, 7) is 8.12. The summed E-state index contributed by atoms with van der Waals surface area (Å²) in [5.74, 6) is 1.72. The van der Waals surface area contributed by atoms with Crippen LogP contribution in [-0.2, 0) is 22.4 Å². The van der Waals surface area contributed by atoms with E-state index in [9.17, 15) is 9.59 Å². The fraction of sp³-hybridized carbons (Fsp3) is 0.545. The number of carbonyl (C=O) groups excluding carboxylic acids is 2. The summed E-state index contributed by atoms with van der Waals surface area (Å²) in [7, 11) is 0. The largest absolute Gasteiger partial charge is 0.340 e. The van der Waals surface area contributed by atoms with Gasteiger partial charge < -0.3 is 14.8 Å². The maximum absolute atomic E-state index is 12.5. The molecule has 0 radical (unpaired) electrons. The highest BCUT2D eigenvalue weighted by Crippen LogP contribution is 2.37. The quantitative estimate of drug-likeness (QED) is 0.651. The van der Waals surface area contributed by atoms with Crippen LogP contribution in [-0.4, -0.2) is 44.1 Å². The Morgan fingerprint density at radius 2 is 1.90 bits per heavy atom. The number of aryl methyl sites for hydroxylation is 1. The molecular formula is C22H30ClN5O2. The number of hydrogen-bond donors (Lipinski definition) is 1. The third-order valence-corrected chi connectivity index (χ3v) is 5.88. The molecule has 0 saturated heterocycles. The molecule has 162 valence electrons. The number of anilines is 1. The Bertz CT molecular complexity index is 920. The fourth-order valence-corrected chi connectivity index (χ4v) is 3.81. The van der Waals surface area contributed by atoms with Crippen LogP contribution in [0, 0.1) is 6.92 Å². The molecule has 0 spiro atoms. The Morgan fingerprint density at radius 1 is 1.23 bits per heavy atom. The molecule has 0 atom stereocenters. The monoisotopic (exact) mass is 431 g/mol. The molecule has 1 aliphatic carbocycles. The van der Waals surface area contributed by atoms with E-state index in [0.29, 0.717) is 36.9 Å². The molecule has 0 unspecified atom stereocenters. The van der Waals surface area contributed by atoms with Crippen LogP contribution in [0.5, 0.6) is 0 Å². The summed E-state index contributed by atoms with van der Waals surface area (Å²) >= 11 is 6.13. The Morgan fingerprint density at radius 3 is 2.50 bits per heavy atom. The van der Waals surface area contributed by atoms with Crippen molar-refractivity contribution in [3.8, 4) is 0 Å². The number of benzene rings is 1. The van der Waals surface area contributed by atoms with E-state index in [1.54, 1.807) is 13.0 Å². The normalized spacial score (nSPS) is 13.5. The van der Waals surface area contributed by atoms with Gasteiger partial charge in [0.2, 0.25) is 11.8 Å². The topological polar surface area (TPSA) is 80.1 Å². The third kappa shape index (κ3) is 5.39. The number of halogens is 1. The van der Waals surface area contributed by atoms with Crippen LogP contribution in [0.4, 0.5) is 5.69 Å². The zero-order valence-electron chi connectivity index (χ0n) is 18.1. The molecule has 1 aliphatic rings. The van der Waals surface area contributed by atoms with E-state index in [2.05, 4.69) is 20.1 Å². The molecular weight excluding hydrogens is 402 g/mol. The van der Waals surface area contributed by atoms with Gasteiger partial charge >= 0.3 is 0 Å². The Hall–Kier alpha value is -2.41. The number of nitrogens with one attached hydrogen (secondary N) is 1. The minimum Gasteiger partial charge on any atom is -0.340 e. The first-order valence-corrected chi connectivity index (χ1v) is 10.9. The number of aromatic nitrogens is 3. The molecule has 1 saturated carbocycles. The standard InChI is InChI=1S/C22H30ClN5O2/c1-14(2)27(16(4)29)13-12-21-26-25-20(28(21)17-8-9-17)10-11-22(30)24-19-7-5-6-18(23)15(19)3/h5-7,14,17H,8-13H2,1-4H3,(H,24,30). The highest BCUT2D eigenvalue weighted by atomic mass is 35.5. The van der Waals surface area contributed by atoms with Crippen molar-refractivity contribution >= 4 is 29.1 Å². The van der Waals surface area contributed by atoms with E-state index in [1.807, 2.05) is 37.8 Å². The highest BCUT2D eigenvalue weighted by molar-refractivity contribution is 6.31. The van der Waals surface area contributed by atoms with Gasteiger partial charge in [0, 0.05) is 55.5 Å². The minimum atomic E-state index is -0.0742. The van der Waals surface area contributed by atoms with Gasteiger partial charge in [-0.2, -0.15) is 0 Å². The number of nitrogens with zero attached hydrogens (tertiary/aromatic N) is 4. The zero-order chi connectivity index (χ0) is 21.8. The van der Waals surface area contributed by atoms with Crippen molar-refractivity contribution in [1.82, 2.24) is 19.7 Å². The van der Waals surface area contributed by atoms with Crippen molar-refractivity contribution in [3.63, 3.8) is 0 Å². The van der Waals surface area contributed by atoms with Gasteiger partial charge in [-0.1, -0.05) is 17.7 Å². The molecule has 1 heterocycles. The molecule has 2 amide bonds. The second kappa shape index (κ2) is 9.60. The molecule has 30 heavy (non-hydrogen) atoms.